The van der Waals surface area contributed by atoms with E-state index in [-0.39, 0.29) is 12.5 Å². The number of carbonyl (C=O) groups is 3. The fraction of sp³-hybridized carbons (Fsp3) is 0.368. The average Bonchev–Trinajstić information content (AvgIpc) is 3.36. The minimum absolute atomic E-state index is 0.302. The largest absolute Gasteiger partial charge is 0.325 e. The summed E-state index contributed by atoms with van der Waals surface area (Å²) in [6.07, 6.45) is 5.37. The Morgan fingerprint density at radius 2 is 2.04 bits per heavy atom. The van der Waals surface area contributed by atoms with Crippen molar-refractivity contribution in [3.63, 3.8) is 0 Å². The van der Waals surface area contributed by atoms with Crippen LogP contribution >= 0.6 is 22.9 Å². The SMILES string of the molecule is O=C(CN1C(=O)NC2(CCCC2)C1=O)Nc1ncc(Cc2ccccc2Cl)s1. The molecular formula is C19H19ClN4O3S. The maximum absolute atomic E-state index is 12.6. The Labute approximate surface area is 171 Å². The van der Waals surface area contributed by atoms with E-state index in [0.717, 1.165) is 28.2 Å². The zero-order valence-electron chi connectivity index (χ0n) is 15.0. The molecule has 146 valence electrons. The van der Waals surface area contributed by atoms with Crippen LogP contribution in [0.25, 0.3) is 0 Å². The Hall–Kier alpha value is -2.45. The summed E-state index contributed by atoms with van der Waals surface area (Å²) in [5.41, 5.74) is 0.174. The van der Waals surface area contributed by atoms with Crippen LogP contribution < -0.4 is 10.6 Å². The Balaban J connectivity index is 1.37. The number of aromatic nitrogens is 1. The summed E-state index contributed by atoms with van der Waals surface area (Å²) >= 11 is 7.52. The lowest BCUT2D eigenvalue weighted by Gasteiger charge is -2.19. The molecule has 0 bridgehead atoms. The molecule has 2 N–H and O–H groups in total. The van der Waals surface area contributed by atoms with E-state index < -0.39 is 17.5 Å². The summed E-state index contributed by atoms with van der Waals surface area (Å²) in [6.45, 7) is -0.314. The molecule has 2 aromatic rings. The van der Waals surface area contributed by atoms with E-state index in [1.807, 2.05) is 24.3 Å². The predicted molar refractivity (Wildman–Crippen MR) is 106 cm³/mol. The number of rotatable bonds is 5. The lowest BCUT2D eigenvalue weighted by molar-refractivity contribution is -0.133. The van der Waals surface area contributed by atoms with Gasteiger partial charge in [-0.15, -0.1) is 11.3 Å². The number of amides is 4. The van der Waals surface area contributed by atoms with Gasteiger partial charge in [0.1, 0.15) is 12.1 Å². The van der Waals surface area contributed by atoms with Gasteiger partial charge >= 0.3 is 6.03 Å². The van der Waals surface area contributed by atoms with Crippen LogP contribution in [0, 0.1) is 0 Å². The second-order valence-corrected chi connectivity index (χ2v) is 8.58. The number of hydrogen-bond donors (Lipinski definition) is 2. The van der Waals surface area contributed by atoms with E-state index in [9.17, 15) is 14.4 Å². The highest BCUT2D eigenvalue weighted by Gasteiger charge is 2.52. The molecule has 9 heteroatoms. The van der Waals surface area contributed by atoms with Crippen LogP contribution in [-0.2, 0) is 16.0 Å². The highest BCUT2D eigenvalue weighted by molar-refractivity contribution is 7.15. The van der Waals surface area contributed by atoms with Crippen molar-refractivity contribution in [2.24, 2.45) is 0 Å². The van der Waals surface area contributed by atoms with Crippen molar-refractivity contribution in [1.29, 1.82) is 0 Å². The zero-order valence-corrected chi connectivity index (χ0v) is 16.6. The molecule has 4 amide bonds. The third kappa shape index (κ3) is 3.62. The summed E-state index contributed by atoms with van der Waals surface area (Å²) < 4.78 is 0. The summed E-state index contributed by atoms with van der Waals surface area (Å²) in [4.78, 5) is 43.3. The van der Waals surface area contributed by atoms with Crippen LogP contribution in [0.4, 0.5) is 9.93 Å². The van der Waals surface area contributed by atoms with Crippen LogP contribution in [0.3, 0.4) is 0 Å². The molecular weight excluding hydrogens is 400 g/mol. The number of nitrogens with zero attached hydrogens (tertiary/aromatic N) is 2. The molecule has 1 saturated carbocycles. The number of thiazole rings is 1. The average molecular weight is 419 g/mol. The number of anilines is 1. The molecule has 1 spiro atoms. The number of carbonyl (C=O) groups excluding carboxylic acids is 3. The lowest BCUT2D eigenvalue weighted by atomic mass is 9.98. The molecule has 2 aliphatic rings. The summed E-state index contributed by atoms with van der Waals surface area (Å²) in [5.74, 6) is -0.749. The Kier molecular flexibility index (Phi) is 5.07. The van der Waals surface area contributed by atoms with Gasteiger partial charge in [0.15, 0.2) is 5.13 Å². The van der Waals surface area contributed by atoms with Crippen LogP contribution in [0.5, 0.6) is 0 Å². The molecule has 0 radical (unpaired) electrons. The summed E-state index contributed by atoms with van der Waals surface area (Å²) in [7, 11) is 0. The van der Waals surface area contributed by atoms with Gasteiger partial charge in [0.2, 0.25) is 5.91 Å². The molecule has 1 aliphatic carbocycles. The van der Waals surface area contributed by atoms with Gasteiger partial charge in [0.25, 0.3) is 5.91 Å². The Morgan fingerprint density at radius 3 is 2.79 bits per heavy atom. The predicted octanol–water partition coefficient (Wildman–Crippen LogP) is 3.19. The summed E-state index contributed by atoms with van der Waals surface area (Å²) in [6, 6.07) is 7.06. The molecule has 2 fully saturated rings. The van der Waals surface area contributed by atoms with E-state index in [2.05, 4.69) is 15.6 Å². The van der Waals surface area contributed by atoms with Crippen LogP contribution in [0.1, 0.15) is 36.1 Å². The normalized spacial score (nSPS) is 18.0. The molecule has 1 aromatic heterocycles. The third-order valence-electron chi connectivity index (χ3n) is 5.13. The topological polar surface area (TPSA) is 91.4 Å². The lowest BCUT2D eigenvalue weighted by Crippen LogP contribution is -2.44. The number of benzene rings is 1. The molecule has 28 heavy (non-hydrogen) atoms. The van der Waals surface area contributed by atoms with Gasteiger partial charge in [-0.3, -0.25) is 14.5 Å². The molecule has 1 saturated heterocycles. The maximum Gasteiger partial charge on any atom is 0.325 e. The standard InChI is InChI=1S/C19H19ClN4O3S/c20-14-6-2-1-5-12(14)9-13-10-21-17(28-13)22-15(25)11-24-16(26)19(23-18(24)27)7-3-4-8-19/h1-2,5-6,10H,3-4,7-9,11H2,(H,23,27)(H,21,22,25). The summed E-state index contributed by atoms with van der Waals surface area (Å²) in [5, 5.41) is 6.55. The Bertz CT molecular complexity index is 939. The van der Waals surface area contributed by atoms with Crippen molar-refractivity contribution in [2.75, 3.05) is 11.9 Å². The molecule has 1 aromatic carbocycles. The van der Waals surface area contributed by atoms with Gasteiger partial charge in [-0.2, -0.15) is 0 Å². The zero-order chi connectivity index (χ0) is 19.7. The van der Waals surface area contributed by atoms with Crippen LogP contribution in [0.15, 0.2) is 30.5 Å². The fourth-order valence-corrected chi connectivity index (χ4v) is 4.77. The van der Waals surface area contributed by atoms with Crippen molar-refractivity contribution in [1.82, 2.24) is 15.2 Å². The number of urea groups is 1. The highest BCUT2D eigenvalue weighted by Crippen LogP contribution is 2.35. The van der Waals surface area contributed by atoms with Gasteiger partial charge in [0.05, 0.1) is 0 Å². The molecule has 2 heterocycles. The number of imide groups is 1. The number of hydrogen-bond acceptors (Lipinski definition) is 5. The van der Waals surface area contributed by atoms with Crippen molar-refractivity contribution in [3.05, 3.63) is 45.9 Å². The quantitative estimate of drug-likeness (QED) is 0.729. The van der Waals surface area contributed by atoms with Crippen LogP contribution in [-0.4, -0.2) is 39.8 Å². The van der Waals surface area contributed by atoms with Gasteiger partial charge in [-0.25, -0.2) is 9.78 Å². The van der Waals surface area contributed by atoms with Gasteiger partial charge in [-0.1, -0.05) is 42.6 Å². The fourth-order valence-electron chi connectivity index (χ4n) is 3.72. The van der Waals surface area contributed by atoms with Crippen molar-refractivity contribution in [3.8, 4) is 0 Å². The first-order valence-corrected chi connectivity index (χ1v) is 10.3. The molecule has 0 atom stereocenters. The smallest absolute Gasteiger partial charge is 0.323 e. The second-order valence-electron chi connectivity index (χ2n) is 7.06. The van der Waals surface area contributed by atoms with Crippen molar-refractivity contribution in [2.45, 2.75) is 37.6 Å². The van der Waals surface area contributed by atoms with E-state index in [4.69, 9.17) is 11.6 Å². The first-order valence-electron chi connectivity index (χ1n) is 9.09. The number of halogens is 1. The highest BCUT2D eigenvalue weighted by atomic mass is 35.5. The van der Waals surface area contributed by atoms with Crippen LogP contribution in [0.2, 0.25) is 5.02 Å². The molecule has 1 aliphatic heterocycles. The van der Waals surface area contributed by atoms with Gasteiger partial charge in [0, 0.05) is 22.5 Å². The monoisotopic (exact) mass is 418 g/mol. The van der Waals surface area contributed by atoms with Crippen molar-refractivity contribution >= 4 is 45.9 Å². The maximum atomic E-state index is 12.6. The van der Waals surface area contributed by atoms with E-state index in [0.29, 0.717) is 29.4 Å². The Morgan fingerprint density at radius 1 is 1.29 bits per heavy atom. The van der Waals surface area contributed by atoms with E-state index >= 15 is 0 Å². The second kappa shape index (κ2) is 7.52. The minimum atomic E-state index is -0.805. The third-order valence-corrected chi connectivity index (χ3v) is 6.41. The number of nitrogens with one attached hydrogen (secondary N) is 2. The van der Waals surface area contributed by atoms with Gasteiger partial charge in [-0.05, 0) is 24.5 Å². The van der Waals surface area contributed by atoms with E-state index in [1.165, 1.54) is 11.3 Å². The van der Waals surface area contributed by atoms with Crippen molar-refractivity contribution < 1.29 is 14.4 Å². The molecule has 0 unspecified atom stereocenters. The van der Waals surface area contributed by atoms with Gasteiger partial charge < -0.3 is 10.6 Å². The molecule has 4 rings (SSSR count). The van der Waals surface area contributed by atoms with E-state index in [1.54, 1.807) is 6.20 Å². The first kappa shape index (κ1) is 18.9. The minimum Gasteiger partial charge on any atom is -0.323 e. The molecule has 7 nitrogen and oxygen atoms in total. The first-order chi connectivity index (χ1) is 13.5.